The van der Waals surface area contributed by atoms with Gasteiger partial charge in [-0.1, -0.05) is 219 Å². The molecule has 0 amide bonds. The van der Waals surface area contributed by atoms with E-state index in [0.717, 1.165) is 51.4 Å². The highest BCUT2D eigenvalue weighted by atomic mass is 16.7. The fourth-order valence-corrected chi connectivity index (χ4v) is 10.2. The van der Waals surface area contributed by atoms with Crippen molar-refractivity contribution < 1.29 is 70.4 Å². The molecule has 0 aromatic carbocycles. The average molecular weight is 937 g/mol. The van der Waals surface area contributed by atoms with E-state index in [4.69, 9.17) is 14.2 Å². The van der Waals surface area contributed by atoms with Gasteiger partial charge in [0.2, 0.25) is 0 Å². The Kier molecular flexibility index (Phi) is 32.3. The number of ether oxygens (including phenoxy) is 3. The predicted octanol–water partition coefficient (Wildman–Crippen LogP) is 6.73. The Morgan fingerprint density at radius 1 is 0.462 bits per heavy atom. The molecule has 2 aliphatic heterocycles. The lowest BCUT2D eigenvalue weighted by Gasteiger charge is -2.59. The second kappa shape index (κ2) is 34.7. The molecular weight excluding hydrogens is 837 g/mol. The lowest BCUT2D eigenvalue weighted by atomic mass is 9.62. The SMILES string of the molecule is CCCCCCCCCCCCCCCCCCC(O)(CO)C(O)(CCCCCCCCCCCCCCCCCC)[C@]1(CO)O[C@H](O[C@H]2[C@H](O)[C@@H](O)[C@H](O)O[C@@H]2CO)[C@H](O)[C@@H](O)[C@H]1O. The first-order valence-corrected chi connectivity index (χ1v) is 26.7. The third-order valence-corrected chi connectivity index (χ3v) is 14.7. The molecular formula is C51H100O14. The van der Waals surface area contributed by atoms with Gasteiger partial charge < -0.3 is 70.4 Å². The van der Waals surface area contributed by atoms with Gasteiger partial charge in [-0.15, -0.1) is 0 Å². The fraction of sp³-hybridized carbons (Fsp3) is 1.00. The van der Waals surface area contributed by atoms with Crippen molar-refractivity contribution in [3.05, 3.63) is 0 Å². The van der Waals surface area contributed by atoms with Gasteiger partial charge in [0.05, 0.1) is 19.8 Å². The molecule has 0 saturated carbocycles. The Morgan fingerprint density at radius 2 is 0.831 bits per heavy atom. The molecule has 0 bridgehead atoms. The summed E-state index contributed by atoms with van der Waals surface area (Å²) >= 11 is 0. The van der Waals surface area contributed by atoms with Crippen LogP contribution in [0.25, 0.3) is 0 Å². The van der Waals surface area contributed by atoms with Crippen molar-refractivity contribution in [2.75, 3.05) is 19.8 Å². The second-order valence-electron chi connectivity index (χ2n) is 19.9. The fourth-order valence-electron chi connectivity index (χ4n) is 10.2. The van der Waals surface area contributed by atoms with Crippen molar-refractivity contribution in [1.82, 2.24) is 0 Å². The van der Waals surface area contributed by atoms with Gasteiger partial charge in [0, 0.05) is 0 Å². The standard InChI is InChI=1S/C51H100O14/c1-3-5-7-9-11-13-15-17-19-21-23-25-27-29-31-33-35-49(61,38-53)51(62,36-34-32-30-28-26-24-22-20-18-16-14-12-10-8-6-4-2)50(39-54)46(59)42(56)44(58)48(65-50)64-45-40(37-52)63-47(60)43(57)41(45)55/h40-48,52-62H,3-39H2,1-2H3/t40-,41-,42-,43-,44-,45-,46-,47-,48+,49?,50-,51?/m1/s1. The van der Waals surface area contributed by atoms with Crippen LogP contribution in [-0.2, 0) is 14.2 Å². The van der Waals surface area contributed by atoms with Crippen LogP contribution in [0.2, 0.25) is 0 Å². The maximum atomic E-state index is 12.9. The van der Waals surface area contributed by atoms with Gasteiger partial charge in [-0.25, -0.2) is 0 Å². The average Bonchev–Trinajstić information content (AvgIpc) is 3.31. The molecule has 2 heterocycles. The molecule has 0 spiro atoms. The van der Waals surface area contributed by atoms with E-state index in [0.29, 0.717) is 25.7 Å². The smallest absolute Gasteiger partial charge is 0.187 e. The molecule has 2 fully saturated rings. The van der Waals surface area contributed by atoms with Crippen LogP contribution < -0.4 is 0 Å². The van der Waals surface area contributed by atoms with Gasteiger partial charge in [-0.05, 0) is 12.8 Å². The minimum absolute atomic E-state index is 0.134. The summed E-state index contributed by atoms with van der Waals surface area (Å²) in [6.07, 6.45) is 18.4. The molecule has 0 aliphatic carbocycles. The molecule has 0 aromatic rings. The van der Waals surface area contributed by atoms with Crippen molar-refractivity contribution in [1.29, 1.82) is 0 Å². The van der Waals surface area contributed by atoms with E-state index in [1.54, 1.807) is 0 Å². The van der Waals surface area contributed by atoms with E-state index in [9.17, 15) is 56.2 Å². The summed E-state index contributed by atoms with van der Waals surface area (Å²) in [5, 5.41) is 122. The maximum Gasteiger partial charge on any atom is 0.187 e. The number of unbranched alkanes of at least 4 members (excludes halogenated alkanes) is 30. The summed E-state index contributed by atoms with van der Waals surface area (Å²) in [6, 6.07) is 0. The van der Waals surface area contributed by atoms with Gasteiger partial charge >= 0.3 is 0 Å². The van der Waals surface area contributed by atoms with Crippen LogP contribution in [-0.4, -0.2) is 148 Å². The summed E-state index contributed by atoms with van der Waals surface area (Å²) in [5.74, 6) is 0. The molecule has 2 rings (SSSR count). The molecule has 388 valence electrons. The molecule has 65 heavy (non-hydrogen) atoms. The zero-order valence-electron chi connectivity index (χ0n) is 41.0. The van der Waals surface area contributed by atoms with Crippen molar-refractivity contribution in [2.24, 2.45) is 0 Å². The largest absolute Gasteiger partial charge is 0.394 e. The normalized spacial score (nSPS) is 29.2. The van der Waals surface area contributed by atoms with E-state index < -0.39 is 91.9 Å². The monoisotopic (exact) mass is 937 g/mol. The van der Waals surface area contributed by atoms with Crippen LogP contribution in [0.15, 0.2) is 0 Å². The van der Waals surface area contributed by atoms with Gasteiger partial charge in [0.15, 0.2) is 18.2 Å². The third-order valence-electron chi connectivity index (χ3n) is 14.7. The molecule has 2 saturated heterocycles. The molecule has 12 atom stereocenters. The molecule has 11 N–H and O–H groups in total. The van der Waals surface area contributed by atoms with Gasteiger partial charge in [0.25, 0.3) is 0 Å². The van der Waals surface area contributed by atoms with Crippen LogP contribution in [0.4, 0.5) is 0 Å². The number of hydrogen-bond acceptors (Lipinski definition) is 14. The first-order chi connectivity index (χ1) is 31.3. The van der Waals surface area contributed by atoms with Gasteiger partial charge in [0.1, 0.15) is 53.9 Å². The summed E-state index contributed by atoms with van der Waals surface area (Å²) in [6.45, 7) is 1.50. The number of hydrogen-bond donors (Lipinski definition) is 11. The third kappa shape index (κ3) is 19.6. The lowest BCUT2D eigenvalue weighted by Crippen LogP contribution is -2.81. The highest BCUT2D eigenvalue weighted by molar-refractivity contribution is 5.19. The van der Waals surface area contributed by atoms with Crippen LogP contribution in [0.1, 0.15) is 232 Å². The zero-order valence-corrected chi connectivity index (χ0v) is 41.0. The number of aliphatic hydroxyl groups excluding tert-OH is 9. The molecule has 2 aliphatic rings. The van der Waals surface area contributed by atoms with Crippen molar-refractivity contribution in [3.8, 4) is 0 Å². The highest BCUT2D eigenvalue weighted by Crippen LogP contribution is 2.48. The van der Waals surface area contributed by atoms with Crippen LogP contribution in [0.5, 0.6) is 0 Å². The summed E-state index contributed by atoms with van der Waals surface area (Å²) in [5.41, 5.74) is -7.63. The topological polar surface area (TPSA) is 250 Å². The van der Waals surface area contributed by atoms with Crippen LogP contribution in [0.3, 0.4) is 0 Å². The Balaban J connectivity index is 2.08. The first-order valence-electron chi connectivity index (χ1n) is 26.7. The van der Waals surface area contributed by atoms with Crippen LogP contribution >= 0.6 is 0 Å². The van der Waals surface area contributed by atoms with E-state index in [1.807, 2.05) is 0 Å². The Morgan fingerprint density at radius 3 is 1.18 bits per heavy atom. The number of aliphatic hydroxyl groups is 11. The van der Waals surface area contributed by atoms with Crippen molar-refractivity contribution in [3.63, 3.8) is 0 Å². The van der Waals surface area contributed by atoms with E-state index in [-0.39, 0.29) is 12.8 Å². The molecule has 0 aromatic heterocycles. The first kappa shape index (κ1) is 60.6. The highest BCUT2D eigenvalue weighted by Gasteiger charge is 2.70. The van der Waals surface area contributed by atoms with Gasteiger partial charge in [-0.2, -0.15) is 0 Å². The quantitative estimate of drug-likeness (QED) is 0.0285. The summed E-state index contributed by atoms with van der Waals surface area (Å²) in [4.78, 5) is 0. The minimum Gasteiger partial charge on any atom is -0.394 e. The van der Waals surface area contributed by atoms with Crippen molar-refractivity contribution in [2.45, 2.75) is 304 Å². The zero-order chi connectivity index (χ0) is 48.0. The molecule has 14 nitrogen and oxygen atoms in total. The van der Waals surface area contributed by atoms with E-state index in [1.165, 1.54) is 128 Å². The Hall–Kier alpha value is -0.560. The number of rotatable bonds is 41. The minimum atomic E-state index is -2.65. The maximum absolute atomic E-state index is 12.9. The molecule has 2 unspecified atom stereocenters. The molecule has 14 heteroatoms. The van der Waals surface area contributed by atoms with E-state index in [2.05, 4.69) is 13.8 Å². The summed E-state index contributed by atoms with van der Waals surface area (Å²) in [7, 11) is 0. The Labute approximate surface area is 393 Å². The lowest BCUT2D eigenvalue weighted by molar-refractivity contribution is -0.412. The summed E-state index contributed by atoms with van der Waals surface area (Å²) < 4.78 is 17.1. The van der Waals surface area contributed by atoms with Crippen LogP contribution in [0, 0.1) is 0 Å². The predicted molar refractivity (Wildman–Crippen MR) is 253 cm³/mol. The van der Waals surface area contributed by atoms with Gasteiger partial charge in [-0.3, -0.25) is 0 Å². The Bertz CT molecular complexity index is 1140. The second-order valence-corrected chi connectivity index (χ2v) is 19.9. The van der Waals surface area contributed by atoms with Crippen molar-refractivity contribution >= 4 is 0 Å². The molecule has 0 radical (unpaired) electrons. The van der Waals surface area contributed by atoms with E-state index >= 15 is 0 Å².